The fraction of sp³-hybridized carbons (Fsp3) is 0.429. The Balaban J connectivity index is 1.96. The number of rotatable bonds is 7. The Kier molecular flexibility index (Phi) is 6.64. The first-order valence-corrected chi connectivity index (χ1v) is 9.17. The minimum absolute atomic E-state index is 0.00178. The van der Waals surface area contributed by atoms with Crippen LogP contribution in [0.2, 0.25) is 0 Å². The lowest BCUT2D eigenvalue weighted by atomic mass is 9.85. The van der Waals surface area contributed by atoms with Crippen molar-refractivity contribution >= 4 is 5.91 Å². The molecule has 0 aromatic carbocycles. The minimum Gasteiger partial charge on any atom is -0.502 e. The maximum absolute atomic E-state index is 12.3. The third kappa shape index (κ3) is 5.35. The zero-order chi connectivity index (χ0) is 21.8. The molecule has 154 valence electrons. The van der Waals surface area contributed by atoms with Crippen LogP contribution in [0.5, 0.6) is 11.6 Å². The summed E-state index contributed by atoms with van der Waals surface area (Å²) in [5.41, 5.74) is 0.457. The molecule has 2 N–H and O–H groups in total. The summed E-state index contributed by atoms with van der Waals surface area (Å²) < 4.78 is 11.0. The van der Waals surface area contributed by atoms with Crippen LogP contribution >= 0.6 is 0 Å². The summed E-state index contributed by atoms with van der Waals surface area (Å²) in [6.45, 7) is 8.99. The molecular weight excluding hydrogens is 374 g/mol. The molecule has 1 amide bonds. The van der Waals surface area contributed by atoms with E-state index in [4.69, 9.17) is 9.15 Å². The van der Waals surface area contributed by atoms with Gasteiger partial charge < -0.3 is 19.6 Å². The van der Waals surface area contributed by atoms with Gasteiger partial charge in [0, 0.05) is 23.6 Å². The molecule has 2 heterocycles. The van der Waals surface area contributed by atoms with Gasteiger partial charge in [0.1, 0.15) is 24.0 Å². The highest BCUT2D eigenvalue weighted by atomic mass is 16.5. The number of nitriles is 1. The van der Waals surface area contributed by atoms with Gasteiger partial charge in [0.05, 0.1) is 6.54 Å². The van der Waals surface area contributed by atoms with Crippen LogP contribution in [-0.4, -0.2) is 29.1 Å². The monoisotopic (exact) mass is 399 g/mol. The lowest BCUT2D eigenvalue weighted by molar-refractivity contribution is -0.122. The smallest absolute Gasteiger partial charge is 0.232 e. The van der Waals surface area contributed by atoms with Crippen LogP contribution in [0.1, 0.15) is 48.6 Å². The highest BCUT2D eigenvalue weighted by molar-refractivity contribution is 5.77. The van der Waals surface area contributed by atoms with Gasteiger partial charge in [-0.3, -0.25) is 9.59 Å². The van der Waals surface area contributed by atoms with Gasteiger partial charge in [-0.2, -0.15) is 5.26 Å². The van der Waals surface area contributed by atoms with Crippen molar-refractivity contribution < 1.29 is 19.1 Å². The van der Waals surface area contributed by atoms with Crippen LogP contribution < -0.4 is 15.5 Å². The van der Waals surface area contributed by atoms with Crippen LogP contribution in [0.3, 0.4) is 0 Å². The molecule has 0 saturated carbocycles. The van der Waals surface area contributed by atoms with E-state index in [0.29, 0.717) is 11.3 Å². The van der Waals surface area contributed by atoms with E-state index in [-0.39, 0.29) is 37.1 Å². The summed E-state index contributed by atoms with van der Waals surface area (Å²) in [6, 6.07) is 5.07. The second-order valence-electron chi connectivity index (χ2n) is 7.53. The number of hydrogen-bond acceptors (Lipinski definition) is 7. The number of carbonyl (C=O) groups is 1. The van der Waals surface area contributed by atoms with Crippen molar-refractivity contribution in [1.82, 2.24) is 10.3 Å². The van der Waals surface area contributed by atoms with Crippen LogP contribution in [0.15, 0.2) is 21.3 Å². The van der Waals surface area contributed by atoms with E-state index in [2.05, 4.69) is 16.4 Å². The first-order valence-electron chi connectivity index (χ1n) is 9.17. The average Bonchev–Trinajstić information content (AvgIpc) is 2.61. The Morgan fingerprint density at radius 1 is 1.34 bits per heavy atom. The van der Waals surface area contributed by atoms with Crippen LogP contribution in [-0.2, 0) is 10.2 Å². The van der Waals surface area contributed by atoms with E-state index < -0.39 is 16.6 Å². The van der Waals surface area contributed by atoms with Gasteiger partial charge in [-0.05, 0) is 32.4 Å². The third-order valence-corrected chi connectivity index (χ3v) is 4.35. The number of aromatic hydroxyl groups is 1. The summed E-state index contributed by atoms with van der Waals surface area (Å²) in [6.07, 6.45) is -0.00178. The highest BCUT2D eigenvalue weighted by Crippen LogP contribution is 2.32. The summed E-state index contributed by atoms with van der Waals surface area (Å²) in [4.78, 5) is 28.3. The quantitative estimate of drug-likeness (QED) is 0.685. The van der Waals surface area contributed by atoms with Crippen molar-refractivity contribution in [2.45, 2.75) is 46.5 Å². The van der Waals surface area contributed by atoms with Crippen molar-refractivity contribution in [3.63, 3.8) is 0 Å². The number of carbonyl (C=O) groups excluding carboxylic acids is 1. The van der Waals surface area contributed by atoms with Crippen molar-refractivity contribution in [2.75, 3.05) is 13.2 Å². The summed E-state index contributed by atoms with van der Waals surface area (Å²) >= 11 is 0. The van der Waals surface area contributed by atoms with E-state index in [1.165, 1.54) is 6.07 Å². The van der Waals surface area contributed by atoms with Gasteiger partial charge in [0.15, 0.2) is 5.76 Å². The van der Waals surface area contributed by atoms with Crippen molar-refractivity contribution in [3.8, 4) is 17.7 Å². The molecule has 2 rings (SSSR count). The number of aryl methyl sites for hydroxylation is 3. The SMILES string of the molecule is Cc1cc(C)c(C#N)c(OCCNC(=O)CC(C)(C)c2oc(C)cc(=O)c2O)n1. The zero-order valence-electron chi connectivity index (χ0n) is 17.3. The molecule has 0 aliphatic heterocycles. The fourth-order valence-electron chi connectivity index (χ4n) is 2.99. The van der Waals surface area contributed by atoms with Gasteiger partial charge >= 0.3 is 0 Å². The molecule has 0 atom stereocenters. The van der Waals surface area contributed by atoms with Crippen molar-refractivity contribution in [3.05, 3.63) is 50.7 Å². The third-order valence-electron chi connectivity index (χ3n) is 4.35. The Bertz CT molecular complexity index is 1020. The average molecular weight is 399 g/mol. The standard InChI is InChI=1S/C21H25N3O5/c1-12-8-13(2)24-20(15(12)11-22)28-7-6-23-17(26)10-21(4,5)19-18(27)16(25)9-14(3)29-19/h8-9,27H,6-7,10H2,1-5H3,(H,23,26). The summed E-state index contributed by atoms with van der Waals surface area (Å²) in [5.74, 6) is -0.102. The molecule has 0 bridgehead atoms. The molecule has 0 aliphatic rings. The maximum Gasteiger partial charge on any atom is 0.232 e. The molecule has 2 aromatic rings. The first-order chi connectivity index (χ1) is 13.5. The Hall–Kier alpha value is -3.34. The molecule has 8 heteroatoms. The first kappa shape index (κ1) is 22.0. The molecule has 0 aliphatic carbocycles. The lowest BCUT2D eigenvalue weighted by Crippen LogP contribution is -2.34. The second kappa shape index (κ2) is 8.78. The van der Waals surface area contributed by atoms with E-state index >= 15 is 0 Å². The maximum atomic E-state index is 12.3. The molecule has 0 fully saturated rings. The van der Waals surface area contributed by atoms with E-state index in [9.17, 15) is 20.0 Å². The number of amides is 1. The zero-order valence-corrected chi connectivity index (χ0v) is 17.3. The molecule has 0 radical (unpaired) electrons. The topological polar surface area (TPSA) is 125 Å². The predicted octanol–water partition coefficient (Wildman–Crippen LogP) is 2.40. The van der Waals surface area contributed by atoms with E-state index in [0.717, 1.165) is 11.3 Å². The normalized spacial score (nSPS) is 11.0. The number of hydrogen-bond donors (Lipinski definition) is 2. The second-order valence-corrected chi connectivity index (χ2v) is 7.53. The molecule has 0 unspecified atom stereocenters. The van der Waals surface area contributed by atoms with Crippen LogP contribution in [0.4, 0.5) is 0 Å². The molecule has 2 aromatic heterocycles. The van der Waals surface area contributed by atoms with Crippen LogP contribution in [0, 0.1) is 32.1 Å². The summed E-state index contributed by atoms with van der Waals surface area (Å²) in [7, 11) is 0. The van der Waals surface area contributed by atoms with Gasteiger partial charge in [-0.1, -0.05) is 13.8 Å². The lowest BCUT2D eigenvalue weighted by Gasteiger charge is -2.23. The van der Waals surface area contributed by atoms with Gasteiger partial charge in [0.25, 0.3) is 0 Å². The number of ether oxygens (including phenoxy) is 1. The Labute approximate surface area is 169 Å². The highest BCUT2D eigenvalue weighted by Gasteiger charge is 2.31. The van der Waals surface area contributed by atoms with E-state index in [1.54, 1.807) is 26.8 Å². The van der Waals surface area contributed by atoms with Crippen molar-refractivity contribution in [2.24, 2.45) is 0 Å². The van der Waals surface area contributed by atoms with Gasteiger partial charge in [-0.25, -0.2) is 4.98 Å². The van der Waals surface area contributed by atoms with Gasteiger partial charge in [0.2, 0.25) is 23.0 Å². The Morgan fingerprint density at radius 2 is 2.03 bits per heavy atom. The number of pyridine rings is 1. The summed E-state index contributed by atoms with van der Waals surface area (Å²) in [5, 5.41) is 22.0. The number of nitrogens with zero attached hydrogens (tertiary/aromatic N) is 2. The molecule has 29 heavy (non-hydrogen) atoms. The van der Waals surface area contributed by atoms with Crippen molar-refractivity contribution in [1.29, 1.82) is 5.26 Å². The molecule has 8 nitrogen and oxygen atoms in total. The predicted molar refractivity (Wildman–Crippen MR) is 106 cm³/mol. The Morgan fingerprint density at radius 3 is 2.69 bits per heavy atom. The molecule has 0 saturated heterocycles. The molecule has 0 spiro atoms. The largest absolute Gasteiger partial charge is 0.502 e. The number of nitrogens with one attached hydrogen (secondary N) is 1. The molecular formula is C21H25N3O5. The van der Waals surface area contributed by atoms with Crippen LogP contribution in [0.25, 0.3) is 0 Å². The van der Waals surface area contributed by atoms with E-state index in [1.807, 2.05) is 13.8 Å². The fourth-order valence-corrected chi connectivity index (χ4v) is 2.99. The van der Waals surface area contributed by atoms with Gasteiger partial charge in [-0.15, -0.1) is 0 Å². The minimum atomic E-state index is -0.886. The number of aromatic nitrogens is 1.